The quantitative estimate of drug-likeness (QED) is 0.342. The van der Waals surface area contributed by atoms with Crippen molar-refractivity contribution in [1.82, 2.24) is 14.7 Å². The lowest BCUT2D eigenvalue weighted by molar-refractivity contribution is -0.141. The van der Waals surface area contributed by atoms with Gasteiger partial charge >= 0.3 is 0 Å². The Morgan fingerprint density at radius 1 is 0.850 bits per heavy atom. The molecule has 0 bridgehead atoms. The van der Waals surface area contributed by atoms with Gasteiger partial charge in [0.05, 0.1) is 26.3 Å². The van der Waals surface area contributed by atoms with Gasteiger partial charge in [0, 0.05) is 39.1 Å². The number of fused-ring (bicyclic) bond motifs is 1. The van der Waals surface area contributed by atoms with Crippen LogP contribution >= 0.6 is 0 Å². The van der Waals surface area contributed by atoms with Crippen LogP contribution in [-0.2, 0) is 33.8 Å². The number of benzene rings is 2. The Morgan fingerprint density at radius 3 is 2.42 bits per heavy atom. The van der Waals surface area contributed by atoms with Gasteiger partial charge in [-0.1, -0.05) is 36.4 Å². The molecule has 9 nitrogen and oxygen atoms in total. The number of hydrogen-bond acceptors (Lipinski definition) is 7. The number of carbonyl (C=O) groups excluding carboxylic acids is 2. The zero-order valence-corrected chi connectivity index (χ0v) is 23.0. The number of morpholine rings is 1. The van der Waals surface area contributed by atoms with Gasteiger partial charge in [-0.25, -0.2) is 0 Å². The summed E-state index contributed by atoms with van der Waals surface area (Å²) in [4.78, 5) is 33.0. The van der Waals surface area contributed by atoms with E-state index < -0.39 is 0 Å². The second kappa shape index (κ2) is 13.5. The minimum Gasteiger partial charge on any atom is -0.464 e. The number of nitrogens with zero attached hydrogens (tertiary/aromatic N) is 3. The maximum absolute atomic E-state index is 13.8. The normalized spacial score (nSPS) is 14.7. The summed E-state index contributed by atoms with van der Waals surface area (Å²) in [5, 5.41) is 0. The lowest BCUT2D eigenvalue weighted by atomic mass is 10.1. The summed E-state index contributed by atoms with van der Waals surface area (Å²) in [7, 11) is 0. The van der Waals surface area contributed by atoms with Crippen molar-refractivity contribution < 1.29 is 28.2 Å². The second-order valence-corrected chi connectivity index (χ2v) is 10.2. The molecule has 2 amide bonds. The van der Waals surface area contributed by atoms with Crippen LogP contribution in [0.2, 0.25) is 0 Å². The maximum Gasteiger partial charge on any atom is 0.242 e. The van der Waals surface area contributed by atoms with E-state index in [9.17, 15) is 9.59 Å². The first-order valence-electron chi connectivity index (χ1n) is 13.9. The third-order valence-electron chi connectivity index (χ3n) is 7.24. The number of hydrogen-bond donors (Lipinski definition) is 0. The van der Waals surface area contributed by atoms with Crippen molar-refractivity contribution in [3.8, 4) is 11.5 Å². The Labute approximate surface area is 235 Å². The zero-order chi connectivity index (χ0) is 27.7. The lowest BCUT2D eigenvalue weighted by Crippen LogP contribution is -2.47. The van der Waals surface area contributed by atoms with E-state index >= 15 is 0 Å². The summed E-state index contributed by atoms with van der Waals surface area (Å²) in [5.41, 5.74) is 2.02. The van der Waals surface area contributed by atoms with Gasteiger partial charge in [-0.15, -0.1) is 0 Å². The van der Waals surface area contributed by atoms with Gasteiger partial charge in [-0.3, -0.25) is 14.5 Å². The average molecular weight is 548 g/mol. The molecule has 2 aliphatic rings. The first-order chi connectivity index (χ1) is 19.5. The third-order valence-corrected chi connectivity index (χ3v) is 7.24. The molecule has 0 unspecified atom stereocenters. The van der Waals surface area contributed by atoms with Gasteiger partial charge in [-0.2, -0.15) is 0 Å². The van der Waals surface area contributed by atoms with Gasteiger partial charge in [0.1, 0.15) is 11.5 Å². The Kier molecular flexibility index (Phi) is 9.36. The summed E-state index contributed by atoms with van der Waals surface area (Å²) < 4.78 is 22.3. The van der Waals surface area contributed by atoms with Crippen LogP contribution < -0.4 is 9.47 Å². The van der Waals surface area contributed by atoms with E-state index in [1.165, 1.54) is 0 Å². The standard InChI is InChI=1S/C31H37N3O6/c1-24-7-10-27(40-24)21-34(20-26-8-11-28-29(19-26)39-23-38-28)31(36)22-33(14-13-32-15-17-37-18-16-32)30(35)12-9-25-5-3-2-4-6-25/h2-8,10-11,19H,9,12-18,20-23H2,1H3. The number of amides is 2. The van der Waals surface area contributed by atoms with E-state index in [1.807, 2.05) is 67.6 Å². The van der Waals surface area contributed by atoms with Crippen LogP contribution in [0.3, 0.4) is 0 Å². The number of aryl methyl sites for hydroxylation is 2. The van der Waals surface area contributed by atoms with Crippen molar-refractivity contribution in [3.63, 3.8) is 0 Å². The molecular weight excluding hydrogens is 510 g/mol. The molecule has 0 spiro atoms. The zero-order valence-electron chi connectivity index (χ0n) is 23.0. The maximum atomic E-state index is 13.8. The van der Waals surface area contributed by atoms with Crippen molar-refractivity contribution in [1.29, 1.82) is 0 Å². The molecule has 5 rings (SSSR count). The molecule has 212 valence electrons. The van der Waals surface area contributed by atoms with Crippen molar-refractivity contribution >= 4 is 11.8 Å². The first kappa shape index (κ1) is 27.7. The second-order valence-electron chi connectivity index (χ2n) is 10.2. The predicted molar refractivity (Wildman–Crippen MR) is 149 cm³/mol. The molecule has 3 aromatic rings. The molecule has 2 aliphatic heterocycles. The summed E-state index contributed by atoms with van der Waals surface area (Å²) in [6.45, 7) is 6.94. The van der Waals surface area contributed by atoms with Crippen molar-refractivity contribution in [2.75, 3.05) is 52.7 Å². The summed E-state index contributed by atoms with van der Waals surface area (Å²) in [6.07, 6.45) is 0.981. The van der Waals surface area contributed by atoms with Gasteiger partial charge in [-0.05, 0) is 48.7 Å². The van der Waals surface area contributed by atoms with Crippen molar-refractivity contribution in [2.24, 2.45) is 0 Å². The van der Waals surface area contributed by atoms with Gasteiger partial charge < -0.3 is 28.4 Å². The summed E-state index contributed by atoms with van der Waals surface area (Å²) in [5.74, 6) is 2.68. The fourth-order valence-corrected chi connectivity index (χ4v) is 4.95. The molecule has 1 saturated heterocycles. The number of carbonyl (C=O) groups is 2. The average Bonchev–Trinajstić information content (AvgIpc) is 3.62. The lowest BCUT2D eigenvalue weighted by Gasteiger charge is -2.31. The smallest absolute Gasteiger partial charge is 0.242 e. The predicted octanol–water partition coefficient (Wildman–Crippen LogP) is 3.64. The fraction of sp³-hybridized carbons (Fsp3) is 0.419. The summed E-state index contributed by atoms with van der Waals surface area (Å²) >= 11 is 0. The fourth-order valence-electron chi connectivity index (χ4n) is 4.95. The van der Waals surface area contributed by atoms with Crippen LogP contribution in [0.25, 0.3) is 0 Å². The SMILES string of the molecule is Cc1ccc(CN(Cc2ccc3c(c2)OCO3)C(=O)CN(CCN2CCOCC2)C(=O)CCc2ccccc2)o1. The number of rotatable bonds is 12. The van der Waals surface area contributed by atoms with Crippen LogP contribution in [0.15, 0.2) is 65.1 Å². The monoisotopic (exact) mass is 547 g/mol. The highest BCUT2D eigenvalue weighted by atomic mass is 16.7. The molecule has 40 heavy (non-hydrogen) atoms. The molecule has 0 aliphatic carbocycles. The summed E-state index contributed by atoms with van der Waals surface area (Å²) in [6, 6.07) is 19.4. The van der Waals surface area contributed by atoms with E-state index in [0.29, 0.717) is 69.5 Å². The molecule has 3 heterocycles. The van der Waals surface area contributed by atoms with Crippen LogP contribution in [0.5, 0.6) is 11.5 Å². The van der Waals surface area contributed by atoms with Gasteiger partial charge in [0.2, 0.25) is 18.6 Å². The molecule has 1 aromatic heterocycles. The van der Waals surface area contributed by atoms with E-state index in [0.717, 1.165) is 30.0 Å². The molecule has 1 fully saturated rings. The third kappa shape index (κ3) is 7.64. The number of furan rings is 1. The van der Waals surface area contributed by atoms with E-state index in [-0.39, 0.29) is 25.2 Å². The Hall–Kier alpha value is -3.82. The Bertz CT molecular complexity index is 1270. The largest absolute Gasteiger partial charge is 0.464 e. The van der Waals surface area contributed by atoms with Crippen molar-refractivity contribution in [3.05, 3.63) is 83.3 Å². The van der Waals surface area contributed by atoms with E-state index in [2.05, 4.69) is 4.90 Å². The highest BCUT2D eigenvalue weighted by Gasteiger charge is 2.24. The molecule has 0 atom stereocenters. The van der Waals surface area contributed by atoms with Gasteiger partial charge in [0.15, 0.2) is 11.5 Å². The topological polar surface area (TPSA) is 84.7 Å². The highest BCUT2D eigenvalue weighted by molar-refractivity contribution is 5.85. The molecule has 0 N–H and O–H groups in total. The minimum absolute atomic E-state index is 0.00219. The molecule has 2 aromatic carbocycles. The molecule has 0 saturated carbocycles. The van der Waals surface area contributed by atoms with Crippen LogP contribution in [0, 0.1) is 6.92 Å². The molecule has 0 radical (unpaired) electrons. The first-order valence-corrected chi connectivity index (χ1v) is 13.9. The molecular formula is C31H37N3O6. The highest BCUT2D eigenvalue weighted by Crippen LogP contribution is 2.33. The van der Waals surface area contributed by atoms with E-state index in [4.69, 9.17) is 18.6 Å². The Morgan fingerprint density at radius 2 is 1.65 bits per heavy atom. The van der Waals surface area contributed by atoms with Crippen LogP contribution in [0.4, 0.5) is 0 Å². The molecule has 9 heteroatoms. The number of ether oxygens (including phenoxy) is 3. The van der Waals surface area contributed by atoms with Crippen LogP contribution in [0.1, 0.15) is 29.1 Å². The van der Waals surface area contributed by atoms with Crippen molar-refractivity contribution in [2.45, 2.75) is 32.9 Å². The van der Waals surface area contributed by atoms with Crippen LogP contribution in [-0.4, -0.2) is 79.2 Å². The van der Waals surface area contributed by atoms with Gasteiger partial charge in [0.25, 0.3) is 0 Å². The minimum atomic E-state index is -0.137. The Balaban J connectivity index is 1.30. The van der Waals surface area contributed by atoms with E-state index in [1.54, 1.807) is 9.80 Å².